The van der Waals surface area contributed by atoms with Crippen molar-refractivity contribution in [3.05, 3.63) is 39.6 Å². The van der Waals surface area contributed by atoms with E-state index in [1.54, 1.807) is 6.07 Å². The van der Waals surface area contributed by atoms with Crippen LogP contribution in [-0.2, 0) is 6.42 Å². The van der Waals surface area contributed by atoms with E-state index in [9.17, 15) is 4.79 Å². The zero-order chi connectivity index (χ0) is 16.6. The molecule has 0 bridgehead atoms. The number of nitrogens with zero attached hydrogens (tertiary/aromatic N) is 2. The van der Waals surface area contributed by atoms with Crippen LogP contribution in [0.4, 0.5) is 5.13 Å². The summed E-state index contributed by atoms with van der Waals surface area (Å²) >= 11 is 7.49. The van der Waals surface area contributed by atoms with Crippen molar-refractivity contribution in [3.8, 4) is 0 Å². The third-order valence-electron chi connectivity index (χ3n) is 3.39. The molecule has 0 aliphatic carbocycles. The van der Waals surface area contributed by atoms with Crippen LogP contribution in [-0.4, -0.2) is 16.1 Å². The molecule has 0 atom stereocenters. The van der Waals surface area contributed by atoms with Gasteiger partial charge in [-0.2, -0.15) is 0 Å². The van der Waals surface area contributed by atoms with E-state index < -0.39 is 0 Å². The standard InChI is InChI=1S/C16H16ClN3O2S/c1-8(2)7-12-19-20-16(23-12)18-15(21)13-9(3)10-5-4-6-11(17)14(10)22-13/h4-6,8H,7H2,1-3H3,(H,18,20,21). The normalized spacial score (nSPS) is 11.3. The Labute approximate surface area is 142 Å². The van der Waals surface area contributed by atoms with Crippen molar-refractivity contribution in [2.24, 2.45) is 5.92 Å². The molecule has 0 saturated heterocycles. The maximum Gasteiger partial charge on any atom is 0.293 e. The molecular formula is C16H16ClN3O2S. The van der Waals surface area contributed by atoms with Crippen molar-refractivity contribution in [2.45, 2.75) is 27.2 Å². The maximum absolute atomic E-state index is 12.4. The Balaban J connectivity index is 1.85. The number of rotatable bonds is 4. The number of anilines is 1. The third kappa shape index (κ3) is 3.23. The number of amides is 1. The van der Waals surface area contributed by atoms with Crippen LogP contribution in [0, 0.1) is 12.8 Å². The van der Waals surface area contributed by atoms with Gasteiger partial charge in [0.25, 0.3) is 5.91 Å². The Hall–Kier alpha value is -1.92. The van der Waals surface area contributed by atoms with Crippen LogP contribution in [0.25, 0.3) is 11.0 Å². The minimum atomic E-state index is -0.345. The SMILES string of the molecule is Cc1c(C(=O)Nc2nnc(CC(C)C)s2)oc2c(Cl)cccc12. The molecule has 7 heteroatoms. The molecule has 1 N–H and O–H groups in total. The van der Waals surface area contributed by atoms with E-state index >= 15 is 0 Å². The lowest BCUT2D eigenvalue weighted by Crippen LogP contribution is -2.11. The van der Waals surface area contributed by atoms with Gasteiger partial charge in [-0.05, 0) is 18.9 Å². The summed E-state index contributed by atoms with van der Waals surface area (Å²) in [5.41, 5.74) is 1.28. The number of carbonyl (C=O) groups is 1. The molecule has 0 aliphatic rings. The van der Waals surface area contributed by atoms with Crippen LogP contribution >= 0.6 is 22.9 Å². The van der Waals surface area contributed by atoms with Gasteiger partial charge in [0.1, 0.15) is 5.01 Å². The van der Waals surface area contributed by atoms with E-state index in [0.29, 0.717) is 21.7 Å². The molecule has 0 radical (unpaired) electrons. The first-order valence-electron chi connectivity index (χ1n) is 7.27. The van der Waals surface area contributed by atoms with E-state index in [1.807, 2.05) is 19.1 Å². The number of nitrogens with one attached hydrogen (secondary N) is 1. The number of hydrogen-bond donors (Lipinski definition) is 1. The monoisotopic (exact) mass is 349 g/mol. The number of halogens is 1. The minimum Gasteiger partial charge on any atom is -0.449 e. The van der Waals surface area contributed by atoms with Gasteiger partial charge in [0.05, 0.1) is 5.02 Å². The summed E-state index contributed by atoms with van der Waals surface area (Å²) in [5, 5.41) is 13.5. The molecule has 0 saturated carbocycles. The number of para-hydroxylation sites is 1. The second-order valence-electron chi connectivity index (χ2n) is 5.73. The van der Waals surface area contributed by atoms with Crippen molar-refractivity contribution in [1.29, 1.82) is 0 Å². The number of aryl methyl sites for hydroxylation is 1. The molecule has 3 rings (SSSR count). The predicted molar refractivity (Wildman–Crippen MR) is 92.4 cm³/mol. The van der Waals surface area contributed by atoms with Gasteiger partial charge in [-0.3, -0.25) is 10.1 Å². The Morgan fingerprint density at radius 3 is 2.87 bits per heavy atom. The smallest absolute Gasteiger partial charge is 0.293 e. The summed E-state index contributed by atoms with van der Waals surface area (Å²) in [6, 6.07) is 5.44. The van der Waals surface area contributed by atoms with Crippen LogP contribution in [0.5, 0.6) is 0 Å². The van der Waals surface area contributed by atoms with E-state index in [-0.39, 0.29) is 11.7 Å². The molecule has 1 aromatic carbocycles. The number of furan rings is 1. The third-order valence-corrected chi connectivity index (χ3v) is 4.55. The summed E-state index contributed by atoms with van der Waals surface area (Å²) < 4.78 is 5.65. The zero-order valence-electron chi connectivity index (χ0n) is 13.0. The lowest BCUT2D eigenvalue weighted by molar-refractivity contribution is 0.0998. The van der Waals surface area contributed by atoms with Gasteiger partial charge >= 0.3 is 0 Å². The molecule has 2 aromatic heterocycles. The zero-order valence-corrected chi connectivity index (χ0v) is 14.6. The lowest BCUT2D eigenvalue weighted by atomic mass is 10.1. The van der Waals surface area contributed by atoms with Crippen molar-refractivity contribution < 1.29 is 9.21 Å². The quantitative estimate of drug-likeness (QED) is 0.741. The Morgan fingerprint density at radius 1 is 1.39 bits per heavy atom. The highest BCUT2D eigenvalue weighted by molar-refractivity contribution is 7.15. The van der Waals surface area contributed by atoms with E-state index in [0.717, 1.165) is 22.4 Å². The molecule has 5 nitrogen and oxygen atoms in total. The van der Waals surface area contributed by atoms with Gasteiger partial charge in [-0.15, -0.1) is 10.2 Å². The highest BCUT2D eigenvalue weighted by Gasteiger charge is 2.20. The second-order valence-corrected chi connectivity index (χ2v) is 7.20. The molecule has 2 heterocycles. The first kappa shape index (κ1) is 16.0. The van der Waals surface area contributed by atoms with Gasteiger partial charge in [-0.25, -0.2) is 0 Å². The van der Waals surface area contributed by atoms with Crippen molar-refractivity contribution in [2.75, 3.05) is 5.32 Å². The largest absolute Gasteiger partial charge is 0.449 e. The molecular weight excluding hydrogens is 334 g/mol. The van der Waals surface area contributed by atoms with Crippen LogP contribution in [0.15, 0.2) is 22.6 Å². The predicted octanol–water partition coefficient (Wildman–Crippen LogP) is 4.70. The van der Waals surface area contributed by atoms with Crippen LogP contribution < -0.4 is 5.32 Å². The number of aromatic nitrogens is 2. The Kier molecular flexibility index (Phi) is 4.37. The fourth-order valence-corrected chi connectivity index (χ4v) is 3.48. The van der Waals surface area contributed by atoms with Crippen molar-refractivity contribution in [1.82, 2.24) is 10.2 Å². The fourth-order valence-electron chi connectivity index (χ4n) is 2.32. The summed E-state index contributed by atoms with van der Waals surface area (Å²) in [6.45, 7) is 6.06. The second kappa shape index (κ2) is 6.29. The highest BCUT2D eigenvalue weighted by Crippen LogP contribution is 2.31. The van der Waals surface area contributed by atoms with Crippen molar-refractivity contribution >= 4 is 44.9 Å². The number of hydrogen-bond acceptors (Lipinski definition) is 5. The lowest BCUT2D eigenvalue weighted by Gasteiger charge is -1.99. The van der Waals surface area contributed by atoms with Gasteiger partial charge in [0.2, 0.25) is 5.13 Å². The van der Waals surface area contributed by atoms with Gasteiger partial charge < -0.3 is 4.42 Å². The average molecular weight is 350 g/mol. The number of benzene rings is 1. The van der Waals surface area contributed by atoms with Crippen LogP contribution in [0.3, 0.4) is 0 Å². The van der Waals surface area contributed by atoms with Crippen molar-refractivity contribution in [3.63, 3.8) is 0 Å². The van der Waals surface area contributed by atoms with Crippen LogP contribution in [0.2, 0.25) is 5.02 Å². The van der Waals surface area contributed by atoms with Gasteiger partial charge in [0.15, 0.2) is 11.3 Å². The topological polar surface area (TPSA) is 68.0 Å². The number of fused-ring (bicyclic) bond motifs is 1. The first-order valence-corrected chi connectivity index (χ1v) is 8.46. The van der Waals surface area contributed by atoms with Crippen LogP contribution in [0.1, 0.15) is 35.0 Å². The summed E-state index contributed by atoms with van der Waals surface area (Å²) in [7, 11) is 0. The Morgan fingerprint density at radius 2 is 2.17 bits per heavy atom. The average Bonchev–Trinajstić information content (AvgIpc) is 3.04. The summed E-state index contributed by atoms with van der Waals surface area (Å²) in [5.74, 6) is 0.391. The molecule has 120 valence electrons. The van der Waals surface area contributed by atoms with Gasteiger partial charge in [0, 0.05) is 17.4 Å². The maximum atomic E-state index is 12.4. The summed E-state index contributed by atoms with van der Waals surface area (Å²) in [6.07, 6.45) is 0.840. The van der Waals surface area contributed by atoms with Gasteiger partial charge in [-0.1, -0.05) is 48.9 Å². The summed E-state index contributed by atoms with van der Waals surface area (Å²) in [4.78, 5) is 12.4. The Bertz CT molecular complexity index is 869. The molecule has 1 amide bonds. The molecule has 23 heavy (non-hydrogen) atoms. The molecule has 0 fully saturated rings. The fraction of sp³-hybridized carbons (Fsp3) is 0.312. The molecule has 3 aromatic rings. The molecule has 0 aliphatic heterocycles. The first-order chi connectivity index (χ1) is 11.0. The molecule has 0 unspecified atom stereocenters. The number of carbonyl (C=O) groups excluding carboxylic acids is 1. The minimum absolute atomic E-state index is 0.244. The van der Waals surface area contributed by atoms with E-state index in [1.165, 1.54) is 11.3 Å². The molecule has 0 spiro atoms. The van der Waals surface area contributed by atoms with E-state index in [2.05, 4.69) is 29.4 Å². The van der Waals surface area contributed by atoms with E-state index in [4.69, 9.17) is 16.0 Å². The highest BCUT2D eigenvalue weighted by atomic mass is 35.5.